The molecule has 1 aromatic carbocycles. The summed E-state index contributed by atoms with van der Waals surface area (Å²) in [5, 5.41) is 13.1. The van der Waals surface area contributed by atoms with E-state index < -0.39 is 15.8 Å². The van der Waals surface area contributed by atoms with Gasteiger partial charge in [-0.05, 0) is 133 Å². The molecule has 1 aliphatic heterocycles. The van der Waals surface area contributed by atoms with Crippen LogP contribution in [0.15, 0.2) is 43.0 Å². The molecule has 4 saturated carbocycles. The summed E-state index contributed by atoms with van der Waals surface area (Å²) in [4.78, 5) is 27.0. The molecule has 0 spiro atoms. The Kier molecular flexibility index (Phi) is 15.2. The van der Waals surface area contributed by atoms with Crippen molar-refractivity contribution in [3.8, 4) is 38.5 Å². The number of fused-ring (bicyclic) bond motifs is 7. The van der Waals surface area contributed by atoms with Crippen molar-refractivity contribution >= 4 is 27.3 Å². The standard InChI is InChI=1S/C39H56N2O5S.C3H6.3C2H2/c1-35(2)28(26-8-10-27(11-9-26)34(43)44)14-17-36(3)31(35)15-18-38(5)32(36)13-12-29-30-7-6-16-39(30,20-19-37(29,38)4)40-33(42)25-41-21-23-47(45,46)24-22-41;1-3-2;3*1-2/h8-11,14,29-32H,6-7,12-13,15-25H2,1-5H3,(H,40,42)(H,43,44);3H,1H2,2H3;3*1-2H/t29-,30?,31?,32?,36+,37-,38-,39+;;;;/m1..../s1. The molecular weight excluding hydrogens is 717 g/mol. The van der Waals surface area contributed by atoms with Gasteiger partial charge in [0.15, 0.2) is 9.84 Å². The van der Waals surface area contributed by atoms with Crippen LogP contribution in [-0.4, -0.2) is 67.0 Å². The molecule has 1 saturated heterocycles. The van der Waals surface area contributed by atoms with E-state index in [4.69, 9.17) is 0 Å². The van der Waals surface area contributed by atoms with E-state index >= 15 is 0 Å². The fourth-order valence-corrected chi connectivity index (χ4v) is 14.4. The second-order valence-corrected chi connectivity index (χ2v) is 20.4. The monoisotopic (exact) mass is 784 g/mol. The van der Waals surface area contributed by atoms with E-state index in [0.29, 0.717) is 48.9 Å². The number of hydrogen-bond acceptors (Lipinski definition) is 5. The Morgan fingerprint density at radius 3 is 2.00 bits per heavy atom. The van der Waals surface area contributed by atoms with Crippen molar-refractivity contribution in [1.29, 1.82) is 0 Å². The molecule has 7 nitrogen and oxygen atoms in total. The van der Waals surface area contributed by atoms with E-state index in [1.54, 1.807) is 18.2 Å². The first kappa shape index (κ1) is 46.6. The number of nitrogens with one attached hydrogen (secondary N) is 1. The van der Waals surface area contributed by atoms with Crippen molar-refractivity contribution in [3.63, 3.8) is 0 Å². The predicted octanol–water partition coefficient (Wildman–Crippen LogP) is 8.77. The average molecular weight is 785 g/mol. The highest BCUT2D eigenvalue weighted by Crippen LogP contribution is 2.76. The van der Waals surface area contributed by atoms with Crippen LogP contribution >= 0.6 is 0 Å². The molecule has 8 heteroatoms. The maximum absolute atomic E-state index is 13.5. The minimum atomic E-state index is -2.96. The van der Waals surface area contributed by atoms with E-state index in [0.717, 1.165) is 31.2 Å². The molecule has 1 heterocycles. The number of benzene rings is 1. The molecular formula is C48H68N2O5S. The van der Waals surface area contributed by atoms with Crippen LogP contribution in [0.3, 0.4) is 0 Å². The van der Waals surface area contributed by atoms with Crippen LogP contribution in [0.25, 0.3) is 5.57 Å². The molecule has 1 amide bonds. The van der Waals surface area contributed by atoms with Gasteiger partial charge in [-0.2, -0.15) is 0 Å². The van der Waals surface area contributed by atoms with Crippen molar-refractivity contribution in [3.05, 3.63) is 54.1 Å². The summed E-state index contributed by atoms with van der Waals surface area (Å²) in [6.45, 7) is 19.2. The van der Waals surface area contributed by atoms with Gasteiger partial charge in [0.2, 0.25) is 5.91 Å². The Balaban J connectivity index is 0.000000867. The number of hydrogen-bond donors (Lipinski definition) is 2. The lowest BCUT2D eigenvalue weighted by Crippen LogP contribution is -2.68. The first-order valence-corrected chi connectivity index (χ1v) is 22.1. The number of rotatable bonds is 5. The molecule has 56 heavy (non-hydrogen) atoms. The van der Waals surface area contributed by atoms with Crippen LogP contribution in [-0.2, 0) is 14.6 Å². The fourth-order valence-electron chi connectivity index (χ4n) is 13.1. The summed E-state index contributed by atoms with van der Waals surface area (Å²) >= 11 is 0. The van der Waals surface area contributed by atoms with Crippen molar-refractivity contribution in [2.24, 2.45) is 45.3 Å². The molecule has 3 unspecified atom stereocenters. The number of carbonyl (C=O) groups excluding carboxylic acids is 1. The number of aromatic carboxylic acids is 1. The number of amides is 1. The highest BCUT2D eigenvalue weighted by Gasteiger charge is 2.69. The third-order valence-corrected chi connectivity index (χ3v) is 17.2. The van der Waals surface area contributed by atoms with Gasteiger partial charge in [0.1, 0.15) is 0 Å². The first-order valence-electron chi connectivity index (χ1n) is 20.3. The zero-order valence-corrected chi connectivity index (χ0v) is 35.8. The number of nitrogens with zero attached hydrogens (tertiary/aromatic N) is 1. The minimum absolute atomic E-state index is 0.00712. The summed E-state index contributed by atoms with van der Waals surface area (Å²) in [7, 11) is -2.96. The molecule has 7 rings (SSSR count). The lowest BCUT2D eigenvalue weighted by Gasteiger charge is -2.72. The van der Waals surface area contributed by atoms with Gasteiger partial charge < -0.3 is 10.4 Å². The Labute approximate surface area is 339 Å². The number of terminal acetylenes is 3. The SMILES string of the molecule is C#C.C#C.C#C.C=CC.CC1(C)C(c2ccc(C(=O)O)cc2)=CC[C@@]2(C)C1CC[C@]1(C)C2CC[C@@H]2C3CCC[C@]3(NC(=O)CN3CCS(=O)(=O)CC3)CC[C@]21C. The van der Waals surface area contributed by atoms with Gasteiger partial charge in [0, 0.05) is 18.6 Å². The van der Waals surface area contributed by atoms with Gasteiger partial charge in [-0.25, -0.2) is 13.2 Å². The summed E-state index contributed by atoms with van der Waals surface area (Å²) in [5.41, 5.74) is 3.41. The molecule has 0 aromatic heterocycles. The van der Waals surface area contributed by atoms with Crippen molar-refractivity contribution in [1.82, 2.24) is 10.2 Å². The maximum Gasteiger partial charge on any atom is 0.335 e. The predicted molar refractivity (Wildman–Crippen MR) is 231 cm³/mol. The lowest BCUT2D eigenvalue weighted by molar-refractivity contribution is -0.217. The summed E-state index contributed by atoms with van der Waals surface area (Å²) in [6.07, 6.45) is 39.9. The second kappa shape index (κ2) is 18.2. The van der Waals surface area contributed by atoms with Crippen molar-refractivity contribution < 1.29 is 23.1 Å². The Bertz CT molecular complexity index is 1740. The molecule has 5 aliphatic carbocycles. The van der Waals surface area contributed by atoms with Crippen LogP contribution in [0, 0.1) is 83.9 Å². The Morgan fingerprint density at radius 2 is 1.43 bits per heavy atom. The highest BCUT2D eigenvalue weighted by molar-refractivity contribution is 7.91. The number of sulfone groups is 1. The lowest BCUT2D eigenvalue weighted by atomic mass is 9.33. The Hall–Kier alpha value is -3.77. The summed E-state index contributed by atoms with van der Waals surface area (Å²) < 4.78 is 23.8. The van der Waals surface area contributed by atoms with Gasteiger partial charge in [-0.1, -0.05) is 65.3 Å². The van der Waals surface area contributed by atoms with Gasteiger partial charge in [0.05, 0.1) is 23.6 Å². The topological polar surface area (TPSA) is 104 Å². The molecule has 0 bridgehead atoms. The molecule has 8 atom stereocenters. The fraction of sp³-hybridized carbons (Fsp3) is 0.625. The van der Waals surface area contributed by atoms with E-state index in [1.165, 1.54) is 44.1 Å². The zero-order valence-electron chi connectivity index (χ0n) is 35.0. The van der Waals surface area contributed by atoms with Crippen molar-refractivity contribution in [2.75, 3.05) is 31.1 Å². The largest absolute Gasteiger partial charge is 0.478 e. The highest BCUT2D eigenvalue weighted by atomic mass is 32.2. The van der Waals surface area contributed by atoms with Crippen LogP contribution in [0.5, 0.6) is 0 Å². The van der Waals surface area contributed by atoms with Crippen LogP contribution in [0.1, 0.15) is 122 Å². The molecule has 5 fully saturated rings. The molecule has 2 N–H and O–H groups in total. The van der Waals surface area contributed by atoms with Gasteiger partial charge >= 0.3 is 5.97 Å². The van der Waals surface area contributed by atoms with Gasteiger partial charge in [-0.3, -0.25) is 9.69 Å². The van der Waals surface area contributed by atoms with Crippen LogP contribution < -0.4 is 5.32 Å². The van der Waals surface area contributed by atoms with E-state index in [9.17, 15) is 23.1 Å². The quantitative estimate of drug-likeness (QED) is 0.229. The second-order valence-electron chi connectivity index (χ2n) is 18.1. The van der Waals surface area contributed by atoms with E-state index in [2.05, 4.69) is 91.1 Å². The third kappa shape index (κ3) is 8.28. The molecule has 1 aromatic rings. The first-order chi connectivity index (χ1) is 26.5. The summed E-state index contributed by atoms with van der Waals surface area (Å²) in [5.74, 6) is 1.83. The smallest absolute Gasteiger partial charge is 0.335 e. The number of carboxylic acid groups (broad SMARTS) is 1. The molecule has 0 radical (unpaired) electrons. The van der Waals surface area contributed by atoms with Crippen molar-refractivity contribution in [2.45, 2.75) is 111 Å². The van der Waals surface area contributed by atoms with E-state index in [1.807, 2.05) is 24.0 Å². The number of allylic oxidation sites excluding steroid dienone is 3. The average Bonchev–Trinajstić information content (AvgIpc) is 3.59. The van der Waals surface area contributed by atoms with E-state index in [-0.39, 0.29) is 44.6 Å². The number of carboxylic acids is 1. The zero-order chi connectivity index (χ0) is 42.3. The maximum atomic E-state index is 13.5. The third-order valence-electron chi connectivity index (χ3n) is 15.6. The molecule has 6 aliphatic rings. The van der Waals surface area contributed by atoms with Gasteiger partial charge in [0.25, 0.3) is 0 Å². The van der Waals surface area contributed by atoms with Crippen LogP contribution in [0.4, 0.5) is 0 Å². The van der Waals surface area contributed by atoms with Crippen LogP contribution in [0.2, 0.25) is 0 Å². The minimum Gasteiger partial charge on any atom is -0.478 e. The Morgan fingerprint density at radius 1 is 0.839 bits per heavy atom. The normalized spacial score (nSPS) is 35.8. The number of carbonyl (C=O) groups is 2. The summed E-state index contributed by atoms with van der Waals surface area (Å²) in [6, 6.07) is 7.50. The molecule has 306 valence electrons. The van der Waals surface area contributed by atoms with Gasteiger partial charge in [-0.15, -0.1) is 45.1 Å².